The van der Waals surface area contributed by atoms with Crippen molar-refractivity contribution in [3.8, 4) is 11.5 Å². The van der Waals surface area contributed by atoms with E-state index in [2.05, 4.69) is 29.3 Å². The molecule has 0 radical (unpaired) electrons. The van der Waals surface area contributed by atoms with E-state index in [0.29, 0.717) is 13.2 Å². The van der Waals surface area contributed by atoms with Crippen LogP contribution in [0.15, 0.2) is 29.7 Å². The number of likely N-dealkylation sites (tertiary alicyclic amines) is 1. The fraction of sp³-hybridized carbons (Fsp3) is 0.526. The predicted molar refractivity (Wildman–Crippen MR) is 102 cm³/mol. The number of benzene rings is 1. The highest BCUT2D eigenvalue weighted by molar-refractivity contribution is 7.99. The van der Waals surface area contributed by atoms with Crippen molar-refractivity contribution in [2.75, 3.05) is 25.6 Å². The maximum atomic E-state index is 12.4. The molecular weight excluding hydrogens is 364 g/mol. The summed E-state index contributed by atoms with van der Waals surface area (Å²) < 4.78 is 12.8. The summed E-state index contributed by atoms with van der Waals surface area (Å²) in [5.74, 6) is 2.69. The molecule has 0 aliphatic carbocycles. The van der Waals surface area contributed by atoms with Crippen molar-refractivity contribution in [3.05, 3.63) is 30.1 Å². The highest BCUT2D eigenvalue weighted by atomic mass is 32.2. The SMILES string of the molecule is Cn1cnnc1SCCN1C[C@@](C)(Cc2ccc3c(c2)OCO3)CCC1=O. The number of carbonyl (C=O) groups is 1. The van der Waals surface area contributed by atoms with Gasteiger partial charge in [-0.1, -0.05) is 24.8 Å². The third-order valence-electron chi connectivity index (χ3n) is 5.20. The van der Waals surface area contributed by atoms with E-state index in [1.54, 1.807) is 18.1 Å². The Morgan fingerprint density at radius 2 is 2.15 bits per heavy atom. The van der Waals surface area contributed by atoms with Crippen LogP contribution in [0, 0.1) is 5.41 Å². The topological polar surface area (TPSA) is 69.5 Å². The lowest BCUT2D eigenvalue weighted by molar-refractivity contribution is -0.136. The average Bonchev–Trinajstić information content (AvgIpc) is 3.27. The summed E-state index contributed by atoms with van der Waals surface area (Å²) in [5.41, 5.74) is 1.29. The molecule has 4 rings (SSSR count). The molecule has 0 saturated carbocycles. The van der Waals surface area contributed by atoms with Gasteiger partial charge >= 0.3 is 0 Å². The lowest BCUT2D eigenvalue weighted by Gasteiger charge is -2.40. The van der Waals surface area contributed by atoms with Crippen LogP contribution in [0.25, 0.3) is 0 Å². The van der Waals surface area contributed by atoms with E-state index >= 15 is 0 Å². The molecule has 1 amide bonds. The van der Waals surface area contributed by atoms with Crippen molar-refractivity contribution in [2.45, 2.75) is 31.3 Å². The van der Waals surface area contributed by atoms with Gasteiger partial charge in [0.05, 0.1) is 0 Å². The highest BCUT2D eigenvalue weighted by Gasteiger charge is 2.35. The minimum atomic E-state index is 0.0665. The molecule has 27 heavy (non-hydrogen) atoms. The maximum Gasteiger partial charge on any atom is 0.231 e. The number of ether oxygens (including phenoxy) is 2. The van der Waals surface area contributed by atoms with Crippen molar-refractivity contribution in [2.24, 2.45) is 12.5 Å². The summed E-state index contributed by atoms with van der Waals surface area (Å²) in [6.45, 7) is 4.07. The van der Waals surface area contributed by atoms with E-state index in [-0.39, 0.29) is 11.3 Å². The lowest BCUT2D eigenvalue weighted by atomic mass is 9.76. The number of aromatic nitrogens is 3. The van der Waals surface area contributed by atoms with Crippen LogP contribution < -0.4 is 9.47 Å². The Labute approximate surface area is 163 Å². The summed E-state index contributed by atoms with van der Waals surface area (Å²) >= 11 is 1.63. The van der Waals surface area contributed by atoms with E-state index in [1.807, 2.05) is 22.6 Å². The van der Waals surface area contributed by atoms with Crippen LogP contribution in [0.4, 0.5) is 0 Å². The maximum absolute atomic E-state index is 12.4. The molecule has 2 aliphatic heterocycles. The minimum absolute atomic E-state index is 0.0665. The first-order valence-corrected chi connectivity index (χ1v) is 10.1. The summed E-state index contributed by atoms with van der Waals surface area (Å²) in [4.78, 5) is 14.4. The first-order chi connectivity index (χ1) is 13.0. The number of amides is 1. The van der Waals surface area contributed by atoms with Crippen LogP contribution in [-0.4, -0.2) is 51.2 Å². The Balaban J connectivity index is 1.37. The number of fused-ring (bicyclic) bond motifs is 1. The molecular formula is C19H24N4O3S. The second-order valence-electron chi connectivity index (χ2n) is 7.56. The van der Waals surface area contributed by atoms with Gasteiger partial charge in [-0.15, -0.1) is 10.2 Å². The Morgan fingerprint density at radius 3 is 2.96 bits per heavy atom. The second kappa shape index (κ2) is 7.42. The van der Waals surface area contributed by atoms with Crippen LogP contribution >= 0.6 is 11.8 Å². The number of rotatable bonds is 6. The van der Waals surface area contributed by atoms with Crippen LogP contribution in [0.1, 0.15) is 25.3 Å². The molecule has 2 aliphatic rings. The zero-order valence-corrected chi connectivity index (χ0v) is 16.5. The number of hydrogen-bond donors (Lipinski definition) is 0. The number of piperidine rings is 1. The largest absolute Gasteiger partial charge is 0.454 e. The molecule has 8 heteroatoms. The highest BCUT2D eigenvalue weighted by Crippen LogP contribution is 2.38. The van der Waals surface area contributed by atoms with Crippen molar-refractivity contribution >= 4 is 17.7 Å². The molecule has 0 bridgehead atoms. The van der Waals surface area contributed by atoms with E-state index < -0.39 is 0 Å². The number of carbonyl (C=O) groups excluding carboxylic acids is 1. The van der Waals surface area contributed by atoms with Gasteiger partial charge in [0.2, 0.25) is 12.7 Å². The summed E-state index contributed by atoms with van der Waals surface area (Å²) in [6, 6.07) is 6.14. The van der Waals surface area contributed by atoms with Gasteiger partial charge < -0.3 is 18.9 Å². The molecule has 1 aromatic carbocycles. The number of hydrogen-bond acceptors (Lipinski definition) is 6. The fourth-order valence-corrected chi connectivity index (χ4v) is 4.59. The minimum Gasteiger partial charge on any atom is -0.454 e. The van der Waals surface area contributed by atoms with Gasteiger partial charge in [0.1, 0.15) is 6.33 Å². The summed E-state index contributed by atoms with van der Waals surface area (Å²) in [7, 11) is 1.93. The van der Waals surface area contributed by atoms with E-state index in [9.17, 15) is 4.79 Å². The number of thioether (sulfide) groups is 1. The van der Waals surface area contributed by atoms with Gasteiger partial charge in [0, 0.05) is 32.3 Å². The van der Waals surface area contributed by atoms with Gasteiger partial charge in [-0.3, -0.25) is 4.79 Å². The van der Waals surface area contributed by atoms with Gasteiger partial charge in [0.15, 0.2) is 16.7 Å². The molecule has 0 N–H and O–H groups in total. The second-order valence-corrected chi connectivity index (χ2v) is 8.63. The average molecular weight is 388 g/mol. The molecule has 1 atom stereocenters. The van der Waals surface area contributed by atoms with Crippen molar-refractivity contribution in [1.29, 1.82) is 0 Å². The molecule has 2 aromatic rings. The smallest absolute Gasteiger partial charge is 0.231 e. The van der Waals surface area contributed by atoms with E-state index in [0.717, 1.165) is 48.3 Å². The van der Waals surface area contributed by atoms with Gasteiger partial charge in [-0.25, -0.2) is 0 Å². The first kappa shape index (κ1) is 18.2. The molecule has 0 unspecified atom stereocenters. The Morgan fingerprint density at radius 1 is 1.30 bits per heavy atom. The molecule has 1 fully saturated rings. The Bertz CT molecular complexity index is 840. The molecule has 144 valence electrons. The zero-order chi connectivity index (χ0) is 18.9. The molecule has 3 heterocycles. The van der Waals surface area contributed by atoms with Crippen LogP contribution in [0.2, 0.25) is 0 Å². The van der Waals surface area contributed by atoms with Gasteiger partial charge in [-0.05, 0) is 36.0 Å². The standard InChI is InChI=1S/C19H24N4O3S/c1-19(10-14-3-4-15-16(9-14)26-13-25-15)6-5-17(24)23(11-19)7-8-27-18-21-20-12-22(18)2/h3-4,9,12H,5-8,10-11,13H2,1-2H3/t19-/m1/s1. The normalized spacial score (nSPS) is 21.7. The fourth-order valence-electron chi connectivity index (χ4n) is 3.74. The Kier molecular flexibility index (Phi) is 4.99. The summed E-state index contributed by atoms with van der Waals surface area (Å²) in [5, 5.41) is 8.85. The quantitative estimate of drug-likeness (QED) is 0.708. The number of nitrogens with zero attached hydrogens (tertiary/aromatic N) is 4. The Hall–Kier alpha value is -2.22. The predicted octanol–water partition coefficient (Wildman–Crippen LogP) is 2.51. The van der Waals surface area contributed by atoms with Gasteiger partial charge in [-0.2, -0.15) is 0 Å². The van der Waals surface area contributed by atoms with Crippen LogP contribution in [-0.2, 0) is 18.3 Å². The number of aryl methyl sites for hydroxylation is 1. The molecule has 0 spiro atoms. The van der Waals surface area contributed by atoms with Crippen LogP contribution in [0.5, 0.6) is 11.5 Å². The van der Waals surface area contributed by atoms with Crippen molar-refractivity contribution < 1.29 is 14.3 Å². The van der Waals surface area contributed by atoms with Crippen LogP contribution in [0.3, 0.4) is 0 Å². The molecule has 7 nitrogen and oxygen atoms in total. The van der Waals surface area contributed by atoms with E-state index in [1.165, 1.54) is 5.56 Å². The molecule has 1 aromatic heterocycles. The monoisotopic (exact) mass is 388 g/mol. The molecule has 1 saturated heterocycles. The zero-order valence-electron chi connectivity index (χ0n) is 15.7. The third kappa shape index (κ3) is 4.05. The first-order valence-electron chi connectivity index (χ1n) is 9.16. The third-order valence-corrected chi connectivity index (χ3v) is 6.21. The van der Waals surface area contributed by atoms with E-state index in [4.69, 9.17) is 9.47 Å². The van der Waals surface area contributed by atoms with Crippen molar-refractivity contribution in [1.82, 2.24) is 19.7 Å². The van der Waals surface area contributed by atoms with Crippen molar-refractivity contribution in [3.63, 3.8) is 0 Å². The van der Waals surface area contributed by atoms with Gasteiger partial charge in [0.25, 0.3) is 0 Å². The lowest BCUT2D eigenvalue weighted by Crippen LogP contribution is -2.47. The summed E-state index contributed by atoms with van der Waals surface area (Å²) in [6.07, 6.45) is 4.13.